The normalized spacial score (nSPS) is 11.0. The van der Waals surface area contributed by atoms with Gasteiger partial charge in [-0.05, 0) is 37.6 Å². The third kappa shape index (κ3) is 7.21. The summed E-state index contributed by atoms with van der Waals surface area (Å²) < 4.78 is 7.57. The van der Waals surface area contributed by atoms with Crippen molar-refractivity contribution in [3.8, 4) is 5.75 Å². The van der Waals surface area contributed by atoms with Crippen molar-refractivity contribution in [3.05, 3.63) is 42.5 Å². The summed E-state index contributed by atoms with van der Waals surface area (Å²) in [7, 11) is 1.92. The molecule has 6 nitrogen and oxygen atoms in total. The molecule has 1 atom stereocenters. The fourth-order valence-electron chi connectivity index (χ4n) is 1.90. The van der Waals surface area contributed by atoms with Crippen LogP contribution in [-0.2, 0) is 18.4 Å². The van der Waals surface area contributed by atoms with Gasteiger partial charge in [-0.25, -0.2) is 4.98 Å². The van der Waals surface area contributed by atoms with Gasteiger partial charge in [0.25, 0.3) is 0 Å². The van der Waals surface area contributed by atoms with Gasteiger partial charge in [0.05, 0.1) is 0 Å². The van der Waals surface area contributed by atoms with Gasteiger partial charge in [-0.2, -0.15) is 0 Å². The Balaban J connectivity index is 0.00000264. The fourth-order valence-corrected chi connectivity index (χ4v) is 1.90. The van der Waals surface area contributed by atoms with Crippen molar-refractivity contribution in [2.24, 2.45) is 12.8 Å². The molecule has 0 radical (unpaired) electrons. The van der Waals surface area contributed by atoms with Gasteiger partial charge in [0.15, 0.2) is 0 Å². The summed E-state index contributed by atoms with van der Waals surface area (Å²) in [6.07, 6.45) is 4.71. The largest absolute Gasteiger partial charge is 0.486 e. The number of benzene rings is 1. The first-order valence-corrected chi connectivity index (χ1v) is 7.29. The van der Waals surface area contributed by atoms with Crippen molar-refractivity contribution in [1.82, 2.24) is 9.55 Å². The lowest BCUT2D eigenvalue weighted by molar-refractivity contribution is -0.116. The molecule has 2 rings (SSSR count). The molecule has 0 saturated heterocycles. The molecule has 0 aliphatic carbocycles. The highest BCUT2D eigenvalue weighted by Crippen LogP contribution is 2.17. The second-order valence-corrected chi connectivity index (χ2v) is 5.33. The molecule has 1 unspecified atom stereocenters. The molecule has 0 aliphatic heterocycles. The number of anilines is 1. The predicted octanol–water partition coefficient (Wildman–Crippen LogP) is 2.91. The highest BCUT2D eigenvalue weighted by Gasteiger charge is 2.05. The number of hydrogen-bond donors (Lipinski definition) is 2. The zero-order chi connectivity index (χ0) is 15.9. The van der Waals surface area contributed by atoms with E-state index in [9.17, 15) is 4.79 Å². The average molecular weight is 375 g/mol. The lowest BCUT2D eigenvalue weighted by Gasteiger charge is -2.09. The quantitative estimate of drug-likeness (QED) is 0.780. The minimum Gasteiger partial charge on any atom is -0.486 e. The minimum absolute atomic E-state index is 0. The molecule has 1 heterocycles. The van der Waals surface area contributed by atoms with Crippen LogP contribution in [0.1, 0.15) is 25.6 Å². The first-order chi connectivity index (χ1) is 10.5. The molecule has 2 aromatic rings. The molecule has 0 aliphatic rings. The van der Waals surface area contributed by atoms with Gasteiger partial charge in [0.1, 0.15) is 18.2 Å². The lowest BCUT2D eigenvalue weighted by atomic mass is 10.2. The predicted molar refractivity (Wildman–Crippen MR) is 100.0 cm³/mol. The molecule has 24 heavy (non-hydrogen) atoms. The third-order valence-electron chi connectivity index (χ3n) is 3.25. The molecule has 0 fully saturated rings. The summed E-state index contributed by atoms with van der Waals surface area (Å²) in [5.74, 6) is 1.56. The Kier molecular flexibility index (Phi) is 10.1. The standard InChI is InChI=1S/C16H22N4O2.2ClH/c1-12(17)3-8-16(21)19-13-4-6-14(7-5-13)22-11-15-18-9-10-20(15)2;;/h4-7,9-10,12H,3,8,11,17H2,1-2H3,(H,19,21);2*1H. The Morgan fingerprint density at radius 3 is 2.54 bits per heavy atom. The van der Waals surface area contributed by atoms with E-state index in [0.717, 1.165) is 17.3 Å². The maximum absolute atomic E-state index is 11.7. The summed E-state index contributed by atoms with van der Waals surface area (Å²) in [5, 5.41) is 2.84. The van der Waals surface area contributed by atoms with E-state index in [2.05, 4.69) is 10.3 Å². The molecule has 0 bridgehead atoms. The lowest BCUT2D eigenvalue weighted by Crippen LogP contribution is -2.19. The number of carbonyl (C=O) groups is 1. The van der Waals surface area contributed by atoms with Crippen LogP contribution < -0.4 is 15.8 Å². The van der Waals surface area contributed by atoms with Crippen molar-refractivity contribution >= 4 is 36.4 Å². The van der Waals surface area contributed by atoms with Crippen LogP contribution in [-0.4, -0.2) is 21.5 Å². The number of hydrogen-bond acceptors (Lipinski definition) is 4. The number of aromatic nitrogens is 2. The minimum atomic E-state index is -0.0287. The van der Waals surface area contributed by atoms with Crippen LogP contribution in [0.3, 0.4) is 0 Å². The van der Waals surface area contributed by atoms with Crippen LogP contribution in [0.4, 0.5) is 5.69 Å². The molecular formula is C16H24Cl2N4O2. The van der Waals surface area contributed by atoms with E-state index >= 15 is 0 Å². The Morgan fingerprint density at radius 1 is 1.33 bits per heavy atom. The van der Waals surface area contributed by atoms with Crippen LogP contribution in [0.5, 0.6) is 5.75 Å². The highest BCUT2D eigenvalue weighted by atomic mass is 35.5. The van der Waals surface area contributed by atoms with Crippen LogP contribution in [0.25, 0.3) is 0 Å². The van der Waals surface area contributed by atoms with Crippen LogP contribution in [0, 0.1) is 0 Å². The molecule has 1 aromatic heterocycles. The van der Waals surface area contributed by atoms with E-state index in [4.69, 9.17) is 10.5 Å². The molecule has 134 valence electrons. The van der Waals surface area contributed by atoms with Crippen molar-refractivity contribution in [3.63, 3.8) is 0 Å². The molecule has 8 heteroatoms. The summed E-state index contributed by atoms with van der Waals surface area (Å²) in [4.78, 5) is 15.9. The second-order valence-electron chi connectivity index (χ2n) is 5.33. The zero-order valence-corrected chi connectivity index (χ0v) is 15.4. The first-order valence-electron chi connectivity index (χ1n) is 7.29. The van der Waals surface area contributed by atoms with Crippen LogP contribution >= 0.6 is 24.8 Å². The summed E-state index contributed by atoms with van der Waals surface area (Å²) in [5.41, 5.74) is 6.38. The summed E-state index contributed by atoms with van der Waals surface area (Å²) in [6.45, 7) is 2.30. The first kappa shape index (κ1) is 22.2. The van der Waals surface area contributed by atoms with Gasteiger partial charge in [-0.3, -0.25) is 4.79 Å². The number of aryl methyl sites for hydroxylation is 1. The Morgan fingerprint density at radius 2 is 2.00 bits per heavy atom. The van der Waals surface area contributed by atoms with Gasteiger partial charge in [0.2, 0.25) is 5.91 Å². The van der Waals surface area contributed by atoms with E-state index in [1.165, 1.54) is 0 Å². The van der Waals surface area contributed by atoms with Crippen LogP contribution in [0.2, 0.25) is 0 Å². The molecule has 1 amide bonds. The van der Waals surface area contributed by atoms with Gasteiger partial charge < -0.3 is 20.4 Å². The summed E-state index contributed by atoms with van der Waals surface area (Å²) >= 11 is 0. The van der Waals surface area contributed by atoms with Crippen molar-refractivity contribution in [1.29, 1.82) is 0 Å². The summed E-state index contributed by atoms with van der Waals surface area (Å²) in [6, 6.07) is 7.32. The number of nitrogens with two attached hydrogens (primary N) is 1. The highest BCUT2D eigenvalue weighted by molar-refractivity contribution is 5.90. The maximum Gasteiger partial charge on any atom is 0.224 e. The number of nitrogens with zero attached hydrogens (tertiary/aromatic N) is 2. The van der Waals surface area contributed by atoms with Crippen molar-refractivity contribution < 1.29 is 9.53 Å². The molecule has 0 saturated carbocycles. The van der Waals surface area contributed by atoms with Gasteiger partial charge >= 0.3 is 0 Å². The zero-order valence-electron chi connectivity index (χ0n) is 13.8. The number of carbonyl (C=O) groups excluding carboxylic acids is 1. The Bertz CT molecular complexity index is 615. The third-order valence-corrected chi connectivity index (χ3v) is 3.25. The number of imidazole rings is 1. The van der Waals surface area contributed by atoms with Gasteiger partial charge in [0, 0.05) is 37.6 Å². The fraction of sp³-hybridized carbons (Fsp3) is 0.375. The van der Waals surface area contributed by atoms with E-state index in [1.807, 2.05) is 49.0 Å². The topological polar surface area (TPSA) is 82.2 Å². The van der Waals surface area contributed by atoms with Gasteiger partial charge in [-0.15, -0.1) is 24.8 Å². The molecule has 0 spiro atoms. The number of rotatable bonds is 7. The molecule has 1 aromatic carbocycles. The number of ether oxygens (including phenoxy) is 1. The van der Waals surface area contributed by atoms with E-state index in [-0.39, 0.29) is 36.8 Å². The number of nitrogens with one attached hydrogen (secondary N) is 1. The Hall–Kier alpha value is -1.76. The Labute approximate surface area is 154 Å². The SMILES string of the molecule is CC(N)CCC(=O)Nc1ccc(OCc2nccn2C)cc1.Cl.Cl. The number of halogens is 2. The average Bonchev–Trinajstić information content (AvgIpc) is 2.90. The maximum atomic E-state index is 11.7. The van der Waals surface area contributed by atoms with E-state index < -0.39 is 0 Å². The van der Waals surface area contributed by atoms with Gasteiger partial charge in [-0.1, -0.05) is 0 Å². The van der Waals surface area contributed by atoms with E-state index in [0.29, 0.717) is 19.4 Å². The molecule has 3 N–H and O–H groups in total. The monoisotopic (exact) mass is 374 g/mol. The van der Waals surface area contributed by atoms with Crippen LogP contribution in [0.15, 0.2) is 36.7 Å². The van der Waals surface area contributed by atoms with Crippen molar-refractivity contribution in [2.45, 2.75) is 32.4 Å². The smallest absolute Gasteiger partial charge is 0.224 e. The number of amides is 1. The van der Waals surface area contributed by atoms with Crippen molar-refractivity contribution in [2.75, 3.05) is 5.32 Å². The van der Waals surface area contributed by atoms with E-state index in [1.54, 1.807) is 6.20 Å². The second kappa shape index (κ2) is 10.9. The molecular weight excluding hydrogens is 351 g/mol.